The van der Waals surface area contributed by atoms with Crippen LogP contribution in [0.25, 0.3) is 11.5 Å². The van der Waals surface area contributed by atoms with Crippen LogP contribution < -0.4 is 5.32 Å². The zero-order valence-corrected chi connectivity index (χ0v) is 11.4. The Labute approximate surface area is 122 Å². The Balaban J connectivity index is 1.54. The highest BCUT2D eigenvalue weighted by molar-refractivity contribution is 5.52. The lowest BCUT2D eigenvalue weighted by atomic mass is 10.2. The third-order valence-electron chi connectivity index (χ3n) is 3.09. The van der Waals surface area contributed by atoms with Crippen LogP contribution in [-0.4, -0.2) is 16.6 Å². The van der Waals surface area contributed by atoms with Crippen LogP contribution in [-0.2, 0) is 6.54 Å². The topological polar surface area (TPSA) is 71.4 Å². The third-order valence-corrected chi connectivity index (χ3v) is 3.09. The number of aliphatic hydroxyl groups is 1. The molecular formula is C16H16N2O3. The zero-order valence-electron chi connectivity index (χ0n) is 11.4. The molecule has 0 aliphatic heterocycles. The summed E-state index contributed by atoms with van der Waals surface area (Å²) in [6.45, 7) is 0.912. The monoisotopic (exact) mass is 284 g/mol. The van der Waals surface area contributed by atoms with E-state index in [1.807, 2.05) is 30.3 Å². The van der Waals surface area contributed by atoms with Crippen LogP contribution in [0.1, 0.15) is 17.6 Å². The molecule has 1 unspecified atom stereocenters. The fourth-order valence-electron chi connectivity index (χ4n) is 2.02. The number of hydrogen-bond acceptors (Lipinski definition) is 5. The van der Waals surface area contributed by atoms with Crippen molar-refractivity contribution in [1.82, 2.24) is 10.3 Å². The summed E-state index contributed by atoms with van der Waals surface area (Å²) in [5.74, 6) is 1.15. The second-order valence-corrected chi connectivity index (χ2v) is 4.67. The van der Waals surface area contributed by atoms with E-state index in [1.54, 1.807) is 24.7 Å². The first-order valence-electron chi connectivity index (χ1n) is 6.75. The van der Waals surface area contributed by atoms with Gasteiger partial charge in [0.25, 0.3) is 0 Å². The van der Waals surface area contributed by atoms with Crippen LogP contribution in [0.15, 0.2) is 63.8 Å². The van der Waals surface area contributed by atoms with E-state index in [0.717, 1.165) is 11.3 Å². The molecule has 3 rings (SSSR count). The molecule has 0 amide bonds. The van der Waals surface area contributed by atoms with Gasteiger partial charge in [-0.1, -0.05) is 18.2 Å². The highest BCUT2D eigenvalue weighted by atomic mass is 16.4. The van der Waals surface area contributed by atoms with Crippen molar-refractivity contribution in [3.8, 4) is 11.5 Å². The van der Waals surface area contributed by atoms with E-state index in [0.29, 0.717) is 24.7 Å². The van der Waals surface area contributed by atoms with Crippen molar-refractivity contribution >= 4 is 0 Å². The van der Waals surface area contributed by atoms with Gasteiger partial charge in [0.1, 0.15) is 18.1 Å². The Morgan fingerprint density at radius 3 is 2.71 bits per heavy atom. The van der Waals surface area contributed by atoms with Gasteiger partial charge in [0.2, 0.25) is 5.89 Å². The van der Waals surface area contributed by atoms with Gasteiger partial charge in [-0.2, -0.15) is 0 Å². The van der Waals surface area contributed by atoms with Gasteiger partial charge < -0.3 is 19.3 Å². The third kappa shape index (κ3) is 3.39. The lowest BCUT2D eigenvalue weighted by Crippen LogP contribution is -2.20. The molecule has 1 atom stereocenters. The fourth-order valence-corrected chi connectivity index (χ4v) is 2.02. The minimum Gasteiger partial charge on any atom is -0.467 e. The highest BCUT2D eigenvalue weighted by Crippen LogP contribution is 2.18. The number of benzene rings is 1. The molecule has 2 heterocycles. The molecule has 2 aromatic heterocycles. The molecule has 0 aliphatic carbocycles. The SMILES string of the molecule is OC(CNCc1coc(-c2ccccc2)n1)c1ccco1. The predicted octanol–water partition coefficient (Wildman–Crippen LogP) is 2.76. The van der Waals surface area contributed by atoms with Gasteiger partial charge in [-0.05, 0) is 24.3 Å². The van der Waals surface area contributed by atoms with Crippen molar-refractivity contribution < 1.29 is 13.9 Å². The van der Waals surface area contributed by atoms with Crippen molar-refractivity contribution in [2.75, 3.05) is 6.54 Å². The van der Waals surface area contributed by atoms with Gasteiger partial charge in [-0.25, -0.2) is 4.98 Å². The number of furan rings is 1. The molecule has 0 aliphatic rings. The van der Waals surface area contributed by atoms with E-state index in [-0.39, 0.29) is 0 Å². The number of rotatable bonds is 6. The summed E-state index contributed by atoms with van der Waals surface area (Å²) in [6.07, 6.45) is 2.50. The summed E-state index contributed by atoms with van der Waals surface area (Å²) < 4.78 is 10.6. The maximum atomic E-state index is 9.87. The number of nitrogens with zero attached hydrogens (tertiary/aromatic N) is 1. The minimum atomic E-state index is -0.666. The Morgan fingerprint density at radius 2 is 1.95 bits per heavy atom. The first-order valence-corrected chi connectivity index (χ1v) is 6.75. The number of aromatic nitrogens is 1. The van der Waals surface area contributed by atoms with Crippen LogP contribution in [0.4, 0.5) is 0 Å². The zero-order chi connectivity index (χ0) is 14.5. The fraction of sp³-hybridized carbons (Fsp3) is 0.188. The van der Waals surface area contributed by atoms with Gasteiger partial charge in [0.15, 0.2) is 0 Å². The molecule has 0 bridgehead atoms. The van der Waals surface area contributed by atoms with Crippen LogP contribution in [0, 0.1) is 0 Å². The molecule has 0 saturated heterocycles. The van der Waals surface area contributed by atoms with Gasteiger partial charge in [0.05, 0.1) is 12.0 Å². The normalized spacial score (nSPS) is 12.4. The predicted molar refractivity (Wildman–Crippen MR) is 77.3 cm³/mol. The van der Waals surface area contributed by atoms with Crippen molar-refractivity contribution in [2.45, 2.75) is 12.6 Å². The maximum Gasteiger partial charge on any atom is 0.226 e. The number of hydrogen-bond donors (Lipinski definition) is 2. The second kappa shape index (κ2) is 6.39. The van der Waals surface area contributed by atoms with Gasteiger partial charge >= 0.3 is 0 Å². The summed E-state index contributed by atoms with van der Waals surface area (Å²) in [5, 5.41) is 13.0. The van der Waals surface area contributed by atoms with Crippen molar-refractivity contribution in [2.24, 2.45) is 0 Å². The van der Waals surface area contributed by atoms with Crippen molar-refractivity contribution in [3.63, 3.8) is 0 Å². The molecule has 0 fully saturated rings. The maximum absolute atomic E-state index is 9.87. The summed E-state index contributed by atoms with van der Waals surface area (Å²) >= 11 is 0. The first-order chi connectivity index (χ1) is 10.3. The van der Waals surface area contributed by atoms with E-state index in [2.05, 4.69) is 10.3 Å². The van der Waals surface area contributed by atoms with Gasteiger partial charge in [-0.15, -0.1) is 0 Å². The Bertz CT molecular complexity index is 662. The minimum absolute atomic E-state index is 0.390. The molecule has 108 valence electrons. The Morgan fingerprint density at radius 1 is 1.10 bits per heavy atom. The average molecular weight is 284 g/mol. The Hall–Kier alpha value is -2.37. The van der Waals surface area contributed by atoms with Gasteiger partial charge in [-0.3, -0.25) is 0 Å². The van der Waals surface area contributed by atoms with E-state index in [9.17, 15) is 5.11 Å². The largest absolute Gasteiger partial charge is 0.467 e. The van der Waals surface area contributed by atoms with Crippen LogP contribution >= 0.6 is 0 Å². The molecule has 5 nitrogen and oxygen atoms in total. The number of oxazole rings is 1. The van der Waals surface area contributed by atoms with Crippen LogP contribution in [0.2, 0.25) is 0 Å². The molecule has 21 heavy (non-hydrogen) atoms. The smallest absolute Gasteiger partial charge is 0.226 e. The molecule has 1 aromatic carbocycles. The molecular weight excluding hydrogens is 268 g/mol. The van der Waals surface area contributed by atoms with E-state index >= 15 is 0 Å². The lowest BCUT2D eigenvalue weighted by Gasteiger charge is -2.07. The summed E-state index contributed by atoms with van der Waals surface area (Å²) in [4.78, 5) is 4.41. The summed E-state index contributed by atoms with van der Waals surface area (Å²) in [7, 11) is 0. The first kappa shape index (κ1) is 13.6. The summed E-state index contributed by atoms with van der Waals surface area (Å²) in [5.41, 5.74) is 1.74. The van der Waals surface area contributed by atoms with E-state index in [4.69, 9.17) is 8.83 Å². The lowest BCUT2D eigenvalue weighted by molar-refractivity contribution is 0.147. The van der Waals surface area contributed by atoms with Crippen molar-refractivity contribution in [3.05, 3.63) is 66.4 Å². The van der Waals surface area contributed by atoms with Crippen molar-refractivity contribution in [1.29, 1.82) is 0 Å². The Kier molecular flexibility index (Phi) is 4.14. The quantitative estimate of drug-likeness (QED) is 0.728. The number of aliphatic hydroxyl groups excluding tert-OH is 1. The highest BCUT2D eigenvalue weighted by Gasteiger charge is 2.10. The molecule has 5 heteroatoms. The molecule has 3 aromatic rings. The standard InChI is InChI=1S/C16H16N2O3/c19-14(15-7-4-8-20-15)10-17-9-13-11-21-16(18-13)12-5-2-1-3-6-12/h1-8,11,14,17,19H,9-10H2. The van der Waals surface area contributed by atoms with E-state index in [1.165, 1.54) is 0 Å². The average Bonchev–Trinajstić information content (AvgIpc) is 3.20. The van der Waals surface area contributed by atoms with Crippen LogP contribution in [0.3, 0.4) is 0 Å². The molecule has 2 N–H and O–H groups in total. The van der Waals surface area contributed by atoms with E-state index < -0.39 is 6.10 Å². The number of nitrogens with one attached hydrogen (secondary N) is 1. The molecule has 0 spiro atoms. The second-order valence-electron chi connectivity index (χ2n) is 4.67. The van der Waals surface area contributed by atoms with Gasteiger partial charge in [0, 0.05) is 18.7 Å². The molecule has 0 radical (unpaired) electrons. The molecule has 0 saturated carbocycles. The summed E-state index contributed by atoms with van der Waals surface area (Å²) in [6, 6.07) is 13.2. The van der Waals surface area contributed by atoms with Crippen LogP contribution in [0.5, 0.6) is 0 Å².